The van der Waals surface area contributed by atoms with Gasteiger partial charge in [-0.1, -0.05) is 78.9 Å². The van der Waals surface area contributed by atoms with Gasteiger partial charge >= 0.3 is 0 Å². The molecule has 1 amide bonds. The second-order valence-electron chi connectivity index (χ2n) is 5.41. The average Bonchev–Trinajstić information content (AvgIpc) is 2.65. The minimum absolute atomic E-state index is 0.367. The molecule has 0 aliphatic rings. The van der Waals surface area contributed by atoms with E-state index < -0.39 is 5.41 Å². The van der Waals surface area contributed by atoms with Crippen LogP contribution < -0.4 is 5.32 Å². The van der Waals surface area contributed by atoms with Crippen molar-refractivity contribution in [2.24, 2.45) is 0 Å². The van der Waals surface area contributed by atoms with E-state index in [4.69, 9.17) is 0 Å². The molecule has 0 fully saturated rings. The monoisotopic (exact) mass is 312 g/mol. The highest BCUT2D eigenvalue weighted by atomic mass is 16.2. The zero-order valence-corrected chi connectivity index (χ0v) is 13.0. The molecular weight excluding hydrogens is 296 g/mol. The van der Waals surface area contributed by atoms with Crippen molar-refractivity contribution in [2.75, 3.05) is 5.32 Å². The van der Waals surface area contributed by atoms with E-state index in [-0.39, 0.29) is 5.91 Å². The number of nitriles is 1. The molecule has 0 bridgehead atoms. The number of hydrogen-bond acceptors (Lipinski definition) is 2. The second kappa shape index (κ2) is 6.80. The molecule has 116 valence electrons. The summed E-state index contributed by atoms with van der Waals surface area (Å²) in [7, 11) is 0. The van der Waals surface area contributed by atoms with Gasteiger partial charge in [0.15, 0.2) is 5.41 Å². The number of nitrogens with zero attached hydrogens (tertiary/aromatic N) is 1. The summed E-state index contributed by atoms with van der Waals surface area (Å²) in [6, 6.07) is 29.7. The number of hydrogen-bond donors (Lipinski definition) is 1. The Labute approximate surface area is 141 Å². The van der Waals surface area contributed by atoms with E-state index in [1.807, 2.05) is 54.6 Å². The Hall–Kier alpha value is -3.38. The maximum atomic E-state index is 13.1. The number of benzene rings is 3. The summed E-state index contributed by atoms with van der Waals surface area (Å²) in [6.45, 7) is 0. The van der Waals surface area contributed by atoms with E-state index in [0.717, 1.165) is 0 Å². The number of amides is 1. The third-order valence-corrected chi connectivity index (χ3v) is 3.95. The molecule has 3 aromatic carbocycles. The molecule has 3 nitrogen and oxygen atoms in total. The molecule has 3 aromatic rings. The molecule has 0 unspecified atom stereocenters. The lowest BCUT2D eigenvalue weighted by Crippen LogP contribution is -2.40. The zero-order valence-electron chi connectivity index (χ0n) is 13.0. The van der Waals surface area contributed by atoms with Crippen molar-refractivity contribution in [1.82, 2.24) is 0 Å². The molecule has 1 N–H and O–H groups in total. The van der Waals surface area contributed by atoms with Gasteiger partial charge in [-0.15, -0.1) is 0 Å². The fourth-order valence-electron chi connectivity index (χ4n) is 2.73. The zero-order chi connectivity index (χ0) is 16.8. The van der Waals surface area contributed by atoms with Crippen molar-refractivity contribution in [2.45, 2.75) is 5.41 Å². The largest absolute Gasteiger partial charge is 0.324 e. The van der Waals surface area contributed by atoms with Gasteiger partial charge in [0.05, 0.1) is 6.07 Å². The summed E-state index contributed by atoms with van der Waals surface area (Å²) in [4.78, 5) is 13.1. The lowest BCUT2D eigenvalue weighted by atomic mass is 9.75. The number of anilines is 1. The van der Waals surface area contributed by atoms with Gasteiger partial charge in [0.2, 0.25) is 0 Å². The highest BCUT2D eigenvalue weighted by Gasteiger charge is 2.42. The molecule has 24 heavy (non-hydrogen) atoms. The van der Waals surface area contributed by atoms with Gasteiger partial charge in [-0.2, -0.15) is 5.26 Å². The Balaban J connectivity index is 2.12. The van der Waals surface area contributed by atoms with E-state index >= 15 is 0 Å². The maximum Gasteiger partial charge on any atom is 0.254 e. The smallest absolute Gasteiger partial charge is 0.254 e. The fourth-order valence-corrected chi connectivity index (χ4v) is 2.73. The van der Waals surface area contributed by atoms with E-state index in [1.54, 1.807) is 36.4 Å². The van der Waals surface area contributed by atoms with Crippen molar-refractivity contribution in [3.8, 4) is 6.07 Å². The quantitative estimate of drug-likeness (QED) is 0.787. The van der Waals surface area contributed by atoms with E-state index in [0.29, 0.717) is 16.8 Å². The van der Waals surface area contributed by atoms with Crippen LogP contribution in [0.1, 0.15) is 11.1 Å². The number of rotatable bonds is 4. The molecule has 0 aliphatic heterocycles. The molecule has 0 heterocycles. The number of para-hydroxylation sites is 1. The van der Waals surface area contributed by atoms with Crippen LogP contribution in [0.3, 0.4) is 0 Å². The summed E-state index contributed by atoms with van der Waals surface area (Å²) < 4.78 is 0. The highest BCUT2D eigenvalue weighted by Crippen LogP contribution is 2.33. The molecule has 0 aromatic heterocycles. The van der Waals surface area contributed by atoms with Gasteiger partial charge in [0, 0.05) is 5.69 Å². The van der Waals surface area contributed by atoms with Crippen LogP contribution in [0.15, 0.2) is 91.0 Å². The first-order chi connectivity index (χ1) is 11.8. The summed E-state index contributed by atoms with van der Waals surface area (Å²) in [5.41, 5.74) is 0.548. The van der Waals surface area contributed by atoms with Crippen molar-refractivity contribution in [3.63, 3.8) is 0 Å². The first-order valence-electron chi connectivity index (χ1n) is 7.66. The van der Waals surface area contributed by atoms with Crippen LogP contribution in [-0.2, 0) is 10.2 Å². The normalized spacial score (nSPS) is 10.6. The molecule has 3 heteroatoms. The SMILES string of the molecule is N#CC(C(=O)Nc1ccccc1)(c1ccccc1)c1ccccc1. The van der Waals surface area contributed by atoms with Crippen LogP contribution in [-0.4, -0.2) is 5.91 Å². The summed E-state index contributed by atoms with van der Waals surface area (Å²) >= 11 is 0. The average molecular weight is 312 g/mol. The lowest BCUT2D eigenvalue weighted by Gasteiger charge is -2.26. The van der Waals surface area contributed by atoms with Crippen LogP contribution in [0.4, 0.5) is 5.69 Å². The predicted molar refractivity (Wildman–Crippen MR) is 94.3 cm³/mol. The summed E-state index contributed by atoms with van der Waals surface area (Å²) in [5, 5.41) is 12.9. The van der Waals surface area contributed by atoms with Gasteiger partial charge in [-0.05, 0) is 23.3 Å². The van der Waals surface area contributed by atoms with Gasteiger partial charge in [0.25, 0.3) is 5.91 Å². The number of carbonyl (C=O) groups excluding carboxylic acids is 1. The van der Waals surface area contributed by atoms with Crippen molar-refractivity contribution in [3.05, 3.63) is 102 Å². The molecule has 0 atom stereocenters. The minimum atomic E-state index is -1.40. The summed E-state index contributed by atoms with van der Waals surface area (Å²) in [5.74, 6) is -0.367. The van der Waals surface area contributed by atoms with Gasteiger partial charge in [-0.25, -0.2) is 0 Å². The third kappa shape index (κ3) is 2.78. The topological polar surface area (TPSA) is 52.9 Å². The van der Waals surface area contributed by atoms with E-state index in [2.05, 4.69) is 11.4 Å². The number of carbonyl (C=O) groups is 1. The molecule has 0 saturated carbocycles. The molecule has 0 saturated heterocycles. The Morgan fingerprint density at radius 3 is 1.58 bits per heavy atom. The van der Waals surface area contributed by atoms with E-state index in [1.165, 1.54) is 0 Å². The second-order valence-corrected chi connectivity index (χ2v) is 5.41. The van der Waals surface area contributed by atoms with Crippen molar-refractivity contribution in [1.29, 1.82) is 5.26 Å². The van der Waals surface area contributed by atoms with Gasteiger partial charge in [-0.3, -0.25) is 4.79 Å². The first-order valence-corrected chi connectivity index (χ1v) is 7.66. The third-order valence-electron chi connectivity index (χ3n) is 3.95. The maximum absolute atomic E-state index is 13.1. The van der Waals surface area contributed by atoms with Crippen molar-refractivity contribution >= 4 is 11.6 Å². The Kier molecular flexibility index (Phi) is 4.40. The minimum Gasteiger partial charge on any atom is -0.324 e. The van der Waals surface area contributed by atoms with Gasteiger partial charge < -0.3 is 5.32 Å². The molecule has 0 aliphatic carbocycles. The lowest BCUT2D eigenvalue weighted by molar-refractivity contribution is -0.118. The Morgan fingerprint density at radius 1 is 0.750 bits per heavy atom. The van der Waals surface area contributed by atoms with Crippen LogP contribution in [0.25, 0.3) is 0 Å². The standard InChI is InChI=1S/C21H16N2O/c22-16-21(17-10-4-1-5-11-17,18-12-6-2-7-13-18)20(24)23-19-14-8-3-9-15-19/h1-15H,(H,23,24). The molecule has 3 rings (SSSR count). The molecular formula is C21H16N2O. The predicted octanol–water partition coefficient (Wildman–Crippen LogP) is 4.13. The van der Waals surface area contributed by atoms with Crippen molar-refractivity contribution < 1.29 is 4.79 Å². The van der Waals surface area contributed by atoms with Crippen LogP contribution >= 0.6 is 0 Å². The van der Waals surface area contributed by atoms with Gasteiger partial charge in [0.1, 0.15) is 0 Å². The molecule has 0 spiro atoms. The van der Waals surface area contributed by atoms with E-state index in [9.17, 15) is 10.1 Å². The van der Waals surface area contributed by atoms with Crippen LogP contribution in [0.5, 0.6) is 0 Å². The number of nitrogens with one attached hydrogen (secondary N) is 1. The summed E-state index contributed by atoms with van der Waals surface area (Å²) in [6.07, 6.45) is 0. The van der Waals surface area contributed by atoms with Crippen LogP contribution in [0.2, 0.25) is 0 Å². The first kappa shape index (κ1) is 15.5. The Bertz CT molecular complexity index is 813. The molecule has 0 radical (unpaired) electrons. The highest BCUT2D eigenvalue weighted by molar-refractivity contribution is 6.04. The Morgan fingerprint density at radius 2 is 1.17 bits per heavy atom. The van der Waals surface area contributed by atoms with Crippen LogP contribution in [0, 0.1) is 11.3 Å². The fraction of sp³-hybridized carbons (Fsp3) is 0.0476.